The van der Waals surface area contributed by atoms with Crippen molar-refractivity contribution >= 4 is 29.9 Å². The molecule has 1 aromatic carbocycles. The predicted molar refractivity (Wildman–Crippen MR) is 133 cm³/mol. The van der Waals surface area contributed by atoms with E-state index in [-0.39, 0.29) is 24.0 Å². The fraction of sp³-hybridized carbons (Fsp3) is 0.348. The molecule has 0 atom stereocenters. The molecule has 7 nitrogen and oxygen atoms in total. The number of guanidine groups is 1. The van der Waals surface area contributed by atoms with Gasteiger partial charge in [-0.2, -0.15) is 0 Å². The summed E-state index contributed by atoms with van der Waals surface area (Å²) in [7, 11) is 0. The first-order valence-corrected chi connectivity index (χ1v) is 10.5. The first-order valence-electron chi connectivity index (χ1n) is 10.5. The van der Waals surface area contributed by atoms with E-state index >= 15 is 0 Å². The van der Waals surface area contributed by atoms with Crippen molar-refractivity contribution in [3.63, 3.8) is 0 Å². The normalized spacial score (nSPS) is 13.4. The lowest BCUT2D eigenvalue weighted by Gasteiger charge is -2.14. The van der Waals surface area contributed by atoms with Gasteiger partial charge in [-0.05, 0) is 49.4 Å². The van der Waals surface area contributed by atoms with Crippen LogP contribution < -0.4 is 15.4 Å². The van der Waals surface area contributed by atoms with Crippen LogP contribution in [0.25, 0.3) is 5.82 Å². The van der Waals surface area contributed by atoms with Gasteiger partial charge >= 0.3 is 0 Å². The monoisotopic (exact) mass is 532 g/mol. The Balaban J connectivity index is 0.00000272. The van der Waals surface area contributed by atoms with Crippen LogP contribution in [0, 0.1) is 5.92 Å². The van der Waals surface area contributed by atoms with Crippen molar-refractivity contribution in [2.24, 2.45) is 10.9 Å². The molecule has 0 bridgehead atoms. The van der Waals surface area contributed by atoms with Gasteiger partial charge in [0.15, 0.2) is 5.96 Å². The average molecular weight is 532 g/mol. The quantitative estimate of drug-likeness (QED) is 0.248. The number of hydrogen-bond donors (Lipinski definition) is 2. The second kappa shape index (κ2) is 11.7. The largest absolute Gasteiger partial charge is 0.493 e. The molecule has 4 rings (SSSR count). The van der Waals surface area contributed by atoms with Gasteiger partial charge in [0.05, 0.1) is 13.2 Å². The first-order chi connectivity index (χ1) is 14.8. The number of ether oxygens (including phenoxy) is 1. The standard InChI is InChI=1S/C23H28N6O.HI/c1-2-25-23(27-14-19-9-10-26-22(13-19)29-12-11-24-17-29)28-15-20-5-3-4-6-21(20)30-16-18-7-8-18;/h3-6,9-13,17-18H,2,7-8,14-16H2,1H3,(H2,25,27,28);1H. The third-order valence-corrected chi connectivity index (χ3v) is 4.93. The van der Waals surface area contributed by atoms with Crippen LogP contribution in [0.4, 0.5) is 0 Å². The van der Waals surface area contributed by atoms with E-state index in [1.807, 2.05) is 41.1 Å². The van der Waals surface area contributed by atoms with Gasteiger partial charge in [-0.25, -0.2) is 15.0 Å². The molecule has 0 aliphatic heterocycles. The van der Waals surface area contributed by atoms with Crippen molar-refractivity contribution in [3.05, 3.63) is 72.4 Å². The summed E-state index contributed by atoms with van der Waals surface area (Å²) < 4.78 is 7.90. The minimum absolute atomic E-state index is 0. The lowest BCUT2D eigenvalue weighted by molar-refractivity contribution is 0.296. The highest BCUT2D eigenvalue weighted by Crippen LogP contribution is 2.30. The Morgan fingerprint density at radius 3 is 2.84 bits per heavy atom. The summed E-state index contributed by atoms with van der Waals surface area (Å²) in [6.45, 7) is 4.88. The highest BCUT2D eigenvalue weighted by Gasteiger charge is 2.22. The van der Waals surface area contributed by atoms with Crippen LogP contribution in [0.1, 0.15) is 30.9 Å². The zero-order chi connectivity index (χ0) is 20.6. The van der Waals surface area contributed by atoms with Gasteiger partial charge in [-0.1, -0.05) is 18.2 Å². The van der Waals surface area contributed by atoms with Crippen LogP contribution in [-0.2, 0) is 13.1 Å². The molecule has 1 fully saturated rings. The zero-order valence-electron chi connectivity index (χ0n) is 17.7. The lowest BCUT2D eigenvalue weighted by atomic mass is 10.2. The number of benzene rings is 1. The van der Waals surface area contributed by atoms with Crippen molar-refractivity contribution in [1.29, 1.82) is 0 Å². The van der Waals surface area contributed by atoms with E-state index in [2.05, 4.69) is 33.6 Å². The van der Waals surface area contributed by atoms with Gasteiger partial charge < -0.3 is 15.4 Å². The lowest BCUT2D eigenvalue weighted by Crippen LogP contribution is -2.36. The number of imidazole rings is 1. The number of para-hydroxylation sites is 1. The van der Waals surface area contributed by atoms with E-state index in [0.29, 0.717) is 13.1 Å². The highest BCUT2D eigenvalue weighted by atomic mass is 127. The van der Waals surface area contributed by atoms with Gasteiger partial charge in [0.2, 0.25) is 0 Å². The average Bonchev–Trinajstić information content (AvgIpc) is 3.45. The molecule has 1 saturated carbocycles. The summed E-state index contributed by atoms with van der Waals surface area (Å²) in [6, 6.07) is 12.2. The fourth-order valence-electron chi connectivity index (χ4n) is 3.07. The van der Waals surface area contributed by atoms with Crippen molar-refractivity contribution in [3.8, 4) is 11.6 Å². The molecule has 31 heavy (non-hydrogen) atoms. The highest BCUT2D eigenvalue weighted by molar-refractivity contribution is 14.0. The molecule has 2 N–H and O–H groups in total. The van der Waals surface area contributed by atoms with Gasteiger partial charge in [-0.3, -0.25) is 4.57 Å². The van der Waals surface area contributed by atoms with Crippen molar-refractivity contribution in [1.82, 2.24) is 25.2 Å². The number of pyridine rings is 1. The first kappa shape index (κ1) is 23.1. The maximum Gasteiger partial charge on any atom is 0.191 e. The Morgan fingerprint density at radius 2 is 2.06 bits per heavy atom. The molecule has 0 radical (unpaired) electrons. The van der Waals surface area contributed by atoms with Gasteiger partial charge in [0.1, 0.15) is 17.9 Å². The molecule has 2 aromatic heterocycles. The summed E-state index contributed by atoms with van der Waals surface area (Å²) in [5, 5.41) is 6.73. The van der Waals surface area contributed by atoms with E-state index < -0.39 is 0 Å². The molecule has 164 valence electrons. The zero-order valence-corrected chi connectivity index (χ0v) is 20.0. The van der Waals surface area contributed by atoms with Crippen LogP contribution >= 0.6 is 24.0 Å². The Hall–Kier alpha value is -2.62. The van der Waals surface area contributed by atoms with E-state index in [1.54, 1.807) is 18.7 Å². The maximum absolute atomic E-state index is 6.02. The summed E-state index contributed by atoms with van der Waals surface area (Å²) in [4.78, 5) is 13.2. The molecular weight excluding hydrogens is 503 g/mol. The minimum Gasteiger partial charge on any atom is -0.493 e. The van der Waals surface area contributed by atoms with E-state index in [9.17, 15) is 0 Å². The predicted octanol–water partition coefficient (Wildman–Crippen LogP) is 3.93. The second-order valence-electron chi connectivity index (χ2n) is 7.40. The number of nitrogens with one attached hydrogen (secondary N) is 2. The molecule has 0 spiro atoms. The van der Waals surface area contributed by atoms with E-state index in [0.717, 1.165) is 47.7 Å². The van der Waals surface area contributed by atoms with Gasteiger partial charge in [-0.15, -0.1) is 24.0 Å². The third kappa shape index (κ3) is 6.95. The van der Waals surface area contributed by atoms with Crippen molar-refractivity contribution in [2.75, 3.05) is 13.2 Å². The number of nitrogens with zero attached hydrogens (tertiary/aromatic N) is 4. The van der Waals surface area contributed by atoms with E-state index in [4.69, 9.17) is 9.73 Å². The molecule has 3 aromatic rings. The number of aliphatic imine (C=N–C) groups is 1. The smallest absolute Gasteiger partial charge is 0.191 e. The number of halogens is 1. The van der Waals surface area contributed by atoms with Crippen LogP contribution in [0.5, 0.6) is 5.75 Å². The summed E-state index contributed by atoms with van der Waals surface area (Å²) >= 11 is 0. The third-order valence-electron chi connectivity index (χ3n) is 4.93. The van der Waals surface area contributed by atoms with Crippen LogP contribution in [-0.4, -0.2) is 33.6 Å². The summed E-state index contributed by atoms with van der Waals surface area (Å²) in [6.07, 6.45) is 9.73. The Kier molecular flexibility index (Phi) is 8.69. The van der Waals surface area contributed by atoms with Crippen molar-refractivity contribution < 1.29 is 4.74 Å². The maximum atomic E-state index is 6.02. The number of hydrogen-bond acceptors (Lipinski definition) is 4. The van der Waals surface area contributed by atoms with Crippen LogP contribution in [0.3, 0.4) is 0 Å². The van der Waals surface area contributed by atoms with Gasteiger partial charge in [0.25, 0.3) is 0 Å². The second-order valence-corrected chi connectivity index (χ2v) is 7.40. The van der Waals surface area contributed by atoms with Crippen LogP contribution in [0.15, 0.2) is 66.3 Å². The molecule has 1 aliphatic rings. The fourth-order valence-corrected chi connectivity index (χ4v) is 3.07. The van der Waals surface area contributed by atoms with Crippen molar-refractivity contribution in [2.45, 2.75) is 32.9 Å². The molecular formula is C23H29IN6O. The summed E-state index contributed by atoms with van der Waals surface area (Å²) in [5.41, 5.74) is 2.22. The Bertz CT molecular complexity index is 972. The molecule has 8 heteroatoms. The number of rotatable bonds is 9. The molecule has 0 amide bonds. The number of aromatic nitrogens is 3. The summed E-state index contributed by atoms with van der Waals surface area (Å²) in [5.74, 6) is 3.29. The van der Waals surface area contributed by atoms with Gasteiger partial charge in [0, 0.05) is 37.2 Å². The van der Waals surface area contributed by atoms with Crippen LogP contribution in [0.2, 0.25) is 0 Å². The molecule has 0 saturated heterocycles. The Morgan fingerprint density at radius 1 is 1.19 bits per heavy atom. The molecule has 2 heterocycles. The molecule has 0 unspecified atom stereocenters. The van der Waals surface area contributed by atoms with E-state index in [1.165, 1.54) is 12.8 Å². The minimum atomic E-state index is 0. The Labute approximate surface area is 200 Å². The SMILES string of the molecule is CCNC(=NCc1ccnc(-n2ccnc2)c1)NCc1ccccc1OCC1CC1.I. The molecule has 1 aliphatic carbocycles. The topological polar surface area (TPSA) is 76.4 Å².